The fourth-order valence-electron chi connectivity index (χ4n) is 2.28. The number of aromatic nitrogens is 2. The summed E-state index contributed by atoms with van der Waals surface area (Å²) in [6.07, 6.45) is -1.14. The third-order valence-electron chi connectivity index (χ3n) is 3.33. The number of halogens is 3. The Bertz CT molecular complexity index is 621. The number of nitrogens with one attached hydrogen (secondary N) is 1. The number of benzene rings is 1. The highest BCUT2D eigenvalue weighted by Gasteiger charge is 2.34. The van der Waals surface area contributed by atoms with Gasteiger partial charge in [-0.15, -0.1) is 0 Å². The van der Waals surface area contributed by atoms with E-state index >= 15 is 0 Å². The Hall–Kier alpha value is -1.95. The molecule has 1 N–H and O–H groups in total. The maximum Gasteiger partial charge on any atom is 0.451 e. The first-order valence-corrected chi connectivity index (χ1v) is 6.26. The van der Waals surface area contributed by atoms with Gasteiger partial charge in [-0.05, 0) is 29.7 Å². The van der Waals surface area contributed by atoms with Gasteiger partial charge in [-0.1, -0.05) is 18.2 Å². The second kappa shape index (κ2) is 4.86. The number of hydrogen-bond acceptors (Lipinski definition) is 3. The first kappa shape index (κ1) is 13.1. The van der Waals surface area contributed by atoms with Crippen LogP contribution >= 0.6 is 0 Å². The molecule has 104 valence electrons. The third-order valence-corrected chi connectivity index (χ3v) is 3.33. The minimum atomic E-state index is -4.50. The van der Waals surface area contributed by atoms with Crippen LogP contribution in [0.3, 0.4) is 0 Å². The Labute approximate surface area is 113 Å². The normalized spacial score (nSPS) is 14.9. The highest BCUT2D eigenvalue weighted by molar-refractivity contribution is 5.63. The molecule has 0 atom stereocenters. The van der Waals surface area contributed by atoms with Gasteiger partial charge >= 0.3 is 6.18 Å². The van der Waals surface area contributed by atoms with Crippen LogP contribution in [0.4, 0.5) is 13.2 Å². The van der Waals surface area contributed by atoms with Crippen molar-refractivity contribution in [2.24, 2.45) is 0 Å². The Balaban J connectivity index is 1.93. The topological polar surface area (TPSA) is 37.8 Å². The lowest BCUT2D eigenvalue weighted by molar-refractivity contribution is -0.144. The molecule has 0 aliphatic carbocycles. The predicted molar refractivity (Wildman–Crippen MR) is 67.9 cm³/mol. The lowest BCUT2D eigenvalue weighted by Gasteiger charge is -2.17. The Morgan fingerprint density at radius 1 is 1.00 bits per heavy atom. The largest absolute Gasteiger partial charge is 0.451 e. The lowest BCUT2D eigenvalue weighted by atomic mass is 9.96. The van der Waals surface area contributed by atoms with Gasteiger partial charge < -0.3 is 5.32 Å². The molecule has 0 amide bonds. The Kier molecular flexibility index (Phi) is 3.17. The van der Waals surface area contributed by atoms with E-state index in [2.05, 4.69) is 15.3 Å². The van der Waals surface area contributed by atoms with Gasteiger partial charge in [-0.2, -0.15) is 13.2 Å². The average molecular weight is 279 g/mol. The van der Waals surface area contributed by atoms with Gasteiger partial charge in [0.1, 0.15) is 0 Å². The van der Waals surface area contributed by atoms with Crippen molar-refractivity contribution >= 4 is 0 Å². The monoisotopic (exact) mass is 279 g/mol. The van der Waals surface area contributed by atoms with Crippen LogP contribution in [0.15, 0.2) is 30.6 Å². The fourth-order valence-corrected chi connectivity index (χ4v) is 2.28. The van der Waals surface area contributed by atoms with Crippen molar-refractivity contribution in [1.29, 1.82) is 0 Å². The molecule has 1 aliphatic rings. The summed E-state index contributed by atoms with van der Waals surface area (Å²) >= 11 is 0. The summed E-state index contributed by atoms with van der Waals surface area (Å²) in [7, 11) is 0. The first-order chi connectivity index (χ1) is 9.54. The van der Waals surface area contributed by atoms with Crippen molar-refractivity contribution in [3.8, 4) is 11.1 Å². The molecular formula is C14H12F3N3. The van der Waals surface area contributed by atoms with Crippen LogP contribution < -0.4 is 5.32 Å². The van der Waals surface area contributed by atoms with Gasteiger partial charge in [0.15, 0.2) is 0 Å². The zero-order valence-electron chi connectivity index (χ0n) is 10.5. The minimum absolute atomic E-state index is 0.597. The van der Waals surface area contributed by atoms with Gasteiger partial charge in [0.05, 0.1) is 0 Å². The van der Waals surface area contributed by atoms with E-state index in [1.54, 1.807) is 0 Å². The zero-order valence-corrected chi connectivity index (χ0v) is 10.5. The van der Waals surface area contributed by atoms with E-state index in [0.717, 1.165) is 25.1 Å². The van der Waals surface area contributed by atoms with Gasteiger partial charge in [-0.3, -0.25) is 0 Å². The van der Waals surface area contributed by atoms with Crippen LogP contribution in [-0.2, 0) is 19.1 Å². The number of rotatable bonds is 1. The summed E-state index contributed by atoms with van der Waals surface area (Å²) in [4.78, 5) is 6.78. The van der Waals surface area contributed by atoms with Crippen LogP contribution in [0, 0.1) is 0 Å². The number of hydrogen-bond donors (Lipinski definition) is 1. The molecule has 1 aromatic heterocycles. The summed E-state index contributed by atoms with van der Waals surface area (Å²) in [5.41, 5.74) is 3.90. The molecule has 3 rings (SSSR count). The molecule has 20 heavy (non-hydrogen) atoms. The molecule has 0 saturated heterocycles. The maximum absolute atomic E-state index is 12.4. The van der Waals surface area contributed by atoms with Crippen LogP contribution in [0.2, 0.25) is 0 Å². The molecule has 0 saturated carbocycles. The van der Waals surface area contributed by atoms with Crippen molar-refractivity contribution < 1.29 is 13.2 Å². The molecule has 1 aromatic carbocycles. The minimum Gasteiger partial charge on any atom is -0.312 e. The fraction of sp³-hybridized carbons (Fsp3) is 0.286. The smallest absolute Gasteiger partial charge is 0.312 e. The molecule has 6 heteroatoms. The molecular weight excluding hydrogens is 267 g/mol. The van der Waals surface area contributed by atoms with Crippen LogP contribution in [0.1, 0.15) is 17.0 Å². The number of fused-ring (bicyclic) bond motifs is 1. The van der Waals surface area contributed by atoms with Gasteiger partial charge in [0, 0.05) is 24.5 Å². The maximum atomic E-state index is 12.4. The van der Waals surface area contributed by atoms with Crippen molar-refractivity contribution in [1.82, 2.24) is 15.3 Å². The number of nitrogens with zero attached hydrogens (tertiary/aromatic N) is 2. The average Bonchev–Trinajstić information content (AvgIpc) is 2.46. The molecule has 1 aliphatic heterocycles. The molecule has 2 aromatic rings. The van der Waals surface area contributed by atoms with Crippen LogP contribution in [0.5, 0.6) is 0 Å². The quantitative estimate of drug-likeness (QED) is 0.872. The molecule has 3 nitrogen and oxygen atoms in total. The Morgan fingerprint density at radius 3 is 2.45 bits per heavy atom. The summed E-state index contributed by atoms with van der Waals surface area (Å²) in [6.45, 7) is 1.75. The van der Waals surface area contributed by atoms with Gasteiger partial charge in [-0.25, -0.2) is 9.97 Å². The highest BCUT2D eigenvalue weighted by atomic mass is 19.4. The van der Waals surface area contributed by atoms with Gasteiger partial charge in [0.2, 0.25) is 5.82 Å². The molecule has 0 radical (unpaired) electrons. The van der Waals surface area contributed by atoms with E-state index in [-0.39, 0.29) is 0 Å². The zero-order chi connectivity index (χ0) is 14.2. The van der Waals surface area contributed by atoms with E-state index < -0.39 is 12.0 Å². The van der Waals surface area contributed by atoms with Crippen LogP contribution in [0.25, 0.3) is 11.1 Å². The first-order valence-electron chi connectivity index (χ1n) is 6.26. The molecule has 2 heterocycles. The second-order valence-corrected chi connectivity index (χ2v) is 4.70. The van der Waals surface area contributed by atoms with Crippen molar-refractivity contribution in [2.45, 2.75) is 19.1 Å². The van der Waals surface area contributed by atoms with E-state index in [0.29, 0.717) is 5.56 Å². The van der Waals surface area contributed by atoms with Crippen molar-refractivity contribution in [3.63, 3.8) is 0 Å². The van der Waals surface area contributed by atoms with E-state index in [1.165, 1.54) is 23.5 Å². The third kappa shape index (κ3) is 2.51. The second-order valence-electron chi connectivity index (χ2n) is 4.70. The van der Waals surface area contributed by atoms with E-state index in [4.69, 9.17) is 0 Å². The number of alkyl halides is 3. The predicted octanol–water partition coefficient (Wildman–Crippen LogP) is 2.81. The highest BCUT2D eigenvalue weighted by Crippen LogP contribution is 2.28. The van der Waals surface area contributed by atoms with Gasteiger partial charge in [0.25, 0.3) is 0 Å². The van der Waals surface area contributed by atoms with Crippen LogP contribution in [-0.4, -0.2) is 16.5 Å². The standard InChI is InChI=1S/C14H12F3N3/c15-14(16,17)13-19-7-12(8-20-13)9-1-2-11-6-18-4-3-10(11)5-9/h1-2,5,7-8,18H,3-4,6H2. The molecule has 0 fully saturated rings. The summed E-state index contributed by atoms with van der Waals surface area (Å²) in [5.74, 6) is -1.11. The Morgan fingerprint density at radius 2 is 1.75 bits per heavy atom. The molecule has 0 spiro atoms. The summed E-state index contributed by atoms with van der Waals surface area (Å²) in [5, 5.41) is 3.27. The van der Waals surface area contributed by atoms with Crippen molar-refractivity contribution in [2.75, 3.05) is 6.54 Å². The van der Waals surface area contributed by atoms with Crippen molar-refractivity contribution in [3.05, 3.63) is 47.5 Å². The van der Waals surface area contributed by atoms with E-state index in [9.17, 15) is 13.2 Å². The molecule has 0 bridgehead atoms. The lowest BCUT2D eigenvalue weighted by Crippen LogP contribution is -2.23. The summed E-state index contributed by atoms with van der Waals surface area (Å²) < 4.78 is 37.2. The molecule has 0 unspecified atom stereocenters. The van der Waals surface area contributed by atoms with E-state index in [1.807, 2.05) is 18.2 Å². The SMILES string of the molecule is FC(F)(F)c1ncc(-c2ccc3c(c2)CCNC3)cn1. The summed E-state index contributed by atoms with van der Waals surface area (Å²) in [6, 6.07) is 5.88.